The van der Waals surface area contributed by atoms with Crippen LogP contribution in [0.4, 0.5) is 0 Å². The lowest BCUT2D eigenvalue weighted by Gasteiger charge is -2.39. The number of aromatic amines is 1. The summed E-state index contributed by atoms with van der Waals surface area (Å²) in [7, 11) is -2.31. The summed E-state index contributed by atoms with van der Waals surface area (Å²) < 4.78 is 34.4. The van der Waals surface area contributed by atoms with E-state index in [1.54, 1.807) is 48.7 Å². The SMILES string of the molecule is COC[C@H]1CN(S(=O)(=O)c2cc3ccc(Cl)cc3s2)CC(=O)N1Cc1cc2cnccc2[nH]1. The predicted octanol–water partition coefficient (Wildman–Crippen LogP) is 3.48. The molecule has 1 saturated heterocycles. The number of benzene rings is 1. The van der Waals surface area contributed by atoms with Crippen LogP contribution in [0.5, 0.6) is 0 Å². The fourth-order valence-corrected chi connectivity index (χ4v) is 7.37. The third-order valence-corrected chi connectivity index (χ3v) is 9.31. The number of thiophene rings is 1. The second-order valence-corrected chi connectivity index (χ2v) is 11.6. The number of H-pyrrole nitrogens is 1. The quantitative estimate of drug-likeness (QED) is 0.433. The molecule has 5 rings (SSSR count). The number of methoxy groups -OCH3 is 1. The molecule has 4 heterocycles. The highest BCUT2D eigenvalue weighted by molar-refractivity contribution is 7.91. The average Bonchev–Trinajstić information content (AvgIpc) is 3.39. The fourth-order valence-electron chi connectivity index (χ4n) is 4.11. The Bertz CT molecular complexity index is 1420. The Morgan fingerprint density at radius 3 is 2.88 bits per heavy atom. The van der Waals surface area contributed by atoms with Crippen molar-refractivity contribution in [3.8, 4) is 0 Å². The van der Waals surface area contributed by atoms with Crippen molar-refractivity contribution in [1.82, 2.24) is 19.2 Å². The third kappa shape index (κ3) is 4.24. The molecular formula is C22H21ClN4O4S2. The number of aromatic nitrogens is 2. The third-order valence-electron chi connectivity index (χ3n) is 5.72. The maximum absolute atomic E-state index is 13.4. The summed E-state index contributed by atoms with van der Waals surface area (Å²) in [5, 5.41) is 2.30. The number of carbonyl (C=O) groups is 1. The molecule has 1 fully saturated rings. The lowest BCUT2D eigenvalue weighted by atomic mass is 10.2. The van der Waals surface area contributed by atoms with Crippen LogP contribution in [0.2, 0.25) is 5.02 Å². The van der Waals surface area contributed by atoms with Crippen LogP contribution < -0.4 is 0 Å². The van der Waals surface area contributed by atoms with E-state index in [0.29, 0.717) is 11.6 Å². The largest absolute Gasteiger partial charge is 0.382 e. The first-order chi connectivity index (χ1) is 15.8. The number of ether oxygens (including phenoxy) is 1. The summed E-state index contributed by atoms with van der Waals surface area (Å²) in [5.41, 5.74) is 1.78. The van der Waals surface area contributed by atoms with Crippen molar-refractivity contribution < 1.29 is 17.9 Å². The van der Waals surface area contributed by atoms with Gasteiger partial charge in [0.25, 0.3) is 10.0 Å². The van der Waals surface area contributed by atoms with Crippen LogP contribution in [0.1, 0.15) is 5.69 Å². The number of nitrogens with zero attached hydrogens (tertiary/aromatic N) is 3. The maximum atomic E-state index is 13.4. The van der Waals surface area contributed by atoms with Crippen molar-refractivity contribution in [3.63, 3.8) is 0 Å². The smallest absolute Gasteiger partial charge is 0.253 e. The molecule has 0 aliphatic carbocycles. The molecule has 0 spiro atoms. The Kier molecular flexibility index (Phi) is 5.87. The van der Waals surface area contributed by atoms with Crippen LogP contribution in [0.3, 0.4) is 0 Å². The molecule has 0 unspecified atom stereocenters. The second kappa shape index (κ2) is 8.69. The summed E-state index contributed by atoms with van der Waals surface area (Å²) in [6.07, 6.45) is 3.46. The van der Waals surface area contributed by atoms with Gasteiger partial charge in [0, 0.05) is 52.4 Å². The van der Waals surface area contributed by atoms with E-state index < -0.39 is 16.1 Å². The minimum Gasteiger partial charge on any atom is -0.382 e. The molecule has 8 nitrogen and oxygen atoms in total. The van der Waals surface area contributed by atoms with E-state index in [1.165, 1.54) is 4.31 Å². The Hall–Kier alpha value is -2.50. The van der Waals surface area contributed by atoms with Crippen molar-refractivity contribution in [1.29, 1.82) is 0 Å². The zero-order valence-electron chi connectivity index (χ0n) is 17.7. The van der Waals surface area contributed by atoms with Crippen LogP contribution in [-0.4, -0.2) is 66.3 Å². The highest BCUT2D eigenvalue weighted by Gasteiger charge is 2.39. The second-order valence-electron chi connectivity index (χ2n) is 7.93. The van der Waals surface area contributed by atoms with E-state index in [1.807, 2.05) is 12.1 Å². The summed E-state index contributed by atoms with van der Waals surface area (Å²) in [6, 6.07) is 10.3. The molecule has 1 amide bonds. The highest BCUT2D eigenvalue weighted by Crippen LogP contribution is 2.33. The van der Waals surface area contributed by atoms with Gasteiger partial charge in [-0.05, 0) is 35.7 Å². The first-order valence-electron chi connectivity index (χ1n) is 10.2. The van der Waals surface area contributed by atoms with Gasteiger partial charge >= 0.3 is 0 Å². The molecular weight excluding hydrogens is 484 g/mol. The molecule has 0 bridgehead atoms. The topological polar surface area (TPSA) is 95.6 Å². The molecule has 4 aromatic rings. The number of sulfonamides is 1. The number of carbonyl (C=O) groups excluding carboxylic acids is 1. The van der Waals surface area contributed by atoms with Crippen molar-refractivity contribution >= 4 is 59.9 Å². The molecule has 33 heavy (non-hydrogen) atoms. The zero-order chi connectivity index (χ0) is 23.2. The van der Waals surface area contributed by atoms with Crippen molar-refractivity contribution in [2.24, 2.45) is 0 Å². The van der Waals surface area contributed by atoms with Gasteiger partial charge in [-0.25, -0.2) is 8.42 Å². The van der Waals surface area contributed by atoms with Gasteiger partial charge in [-0.2, -0.15) is 4.31 Å². The molecule has 1 aliphatic rings. The summed E-state index contributed by atoms with van der Waals surface area (Å²) in [4.78, 5) is 22.2. The van der Waals surface area contributed by atoms with Crippen LogP contribution in [0.25, 0.3) is 21.0 Å². The fraction of sp³-hybridized carbons (Fsp3) is 0.273. The number of piperazine rings is 1. The molecule has 11 heteroatoms. The molecule has 0 radical (unpaired) electrons. The van der Waals surface area contributed by atoms with Gasteiger partial charge in [-0.15, -0.1) is 11.3 Å². The van der Waals surface area contributed by atoms with Gasteiger partial charge < -0.3 is 14.6 Å². The maximum Gasteiger partial charge on any atom is 0.253 e. The van der Waals surface area contributed by atoms with Crippen molar-refractivity contribution in [3.05, 3.63) is 59.5 Å². The monoisotopic (exact) mass is 504 g/mol. The summed E-state index contributed by atoms with van der Waals surface area (Å²) >= 11 is 7.20. The van der Waals surface area contributed by atoms with Gasteiger partial charge in [0.15, 0.2) is 0 Å². The predicted molar refractivity (Wildman–Crippen MR) is 128 cm³/mol. The van der Waals surface area contributed by atoms with Crippen molar-refractivity contribution in [2.75, 3.05) is 26.8 Å². The summed E-state index contributed by atoms with van der Waals surface area (Å²) in [6.45, 7) is 0.483. The van der Waals surface area contributed by atoms with Crippen molar-refractivity contribution in [2.45, 2.75) is 16.8 Å². The number of hydrogen-bond acceptors (Lipinski definition) is 6. The molecule has 172 valence electrons. The molecule has 1 atom stereocenters. The molecule has 1 N–H and O–H groups in total. The van der Waals surface area contributed by atoms with Gasteiger partial charge in [-0.3, -0.25) is 9.78 Å². The molecule has 3 aromatic heterocycles. The molecule has 1 aliphatic heterocycles. The van der Waals surface area contributed by atoms with Crippen LogP contribution in [-0.2, 0) is 26.1 Å². The lowest BCUT2D eigenvalue weighted by molar-refractivity contribution is -0.140. The number of hydrogen-bond donors (Lipinski definition) is 1. The Balaban J connectivity index is 1.41. The number of rotatable bonds is 6. The van der Waals surface area contributed by atoms with Gasteiger partial charge in [-0.1, -0.05) is 17.7 Å². The Morgan fingerprint density at radius 2 is 2.09 bits per heavy atom. The van der Waals surface area contributed by atoms with E-state index in [0.717, 1.165) is 38.0 Å². The Morgan fingerprint density at radius 1 is 1.24 bits per heavy atom. The van der Waals surface area contributed by atoms with Crippen LogP contribution in [0, 0.1) is 0 Å². The number of fused-ring (bicyclic) bond motifs is 2. The zero-order valence-corrected chi connectivity index (χ0v) is 20.1. The minimum absolute atomic E-state index is 0.151. The average molecular weight is 505 g/mol. The first-order valence-corrected chi connectivity index (χ1v) is 12.9. The van der Waals surface area contributed by atoms with E-state index in [-0.39, 0.29) is 29.8 Å². The van der Waals surface area contributed by atoms with Gasteiger partial charge in [0.2, 0.25) is 5.91 Å². The molecule has 1 aromatic carbocycles. The van der Waals surface area contributed by atoms with E-state index in [4.69, 9.17) is 16.3 Å². The number of amides is 1. The Labute approximate surface area is 199 Å². The lowest BCUT2D eigenvalue weighted by Crippen LogP contribution is -2.58. The number of halogens is 1. The molecule has 0 saturated carbocycles. The van der Waals surface area contributed by atoms with Crippen LogP contribution >= 0.6 is 22.9 Å². The van der Waals surface area contributed by atoms with Gasteiger partial charge in [0.1, 0.15) is 4.21 Å². The van der Waals surface area contributed by atoms with Gasteiger partial charge in [0.05, 0.1) is 25.7 Å². The summed E-state index contributed by atoms with van der Waals surface area (Å²) in [5.74, 6) is -0.271. The number of nitrogens with one attached hydrogen (secondary N) is 1. The standard InChI is InChI=1S/C22H21ClN4O4S2/c1-31-13-18-11-26(33(29,30)22-7-14-2-3-16(23)8-20(14)32-22)12-21(28)27(18)10-17-6-15-9-24-5-4-19(15)25-17/h2-9,18,25H,10-13H2,1H3/t18-/m1/s1. The van der Waals surface area contributed by atoms with E-state index >= 15 is 0 Å². The first kappa shape index (κ1) is 22.3. The van der Waals surface area contributed by atoms with E-state index in [2.05, 4.69) is 9.97 Å². The van der Waals surface area contributed by atoms with E-state index in [9.17, 15) is 13.2 Å². The highest BCUT2D eigenvalue weighted by atomic mass is 35.5. The number of pyridine rings is 1. The normalized spacial score (nSPS) is 17.9. The van der Waals surface area contributed by atoms with Crippen LogP contribution in [0.15, 0.2) is 53.0 Å². The minimum atomic E-state index is -3.85.